The minimum atomic E-state index is -0.262. The Hall–Kier alpha value is -4.61. The molecule has 2 aliphatic rings. The van der Waals surface area contributed by atoms with Crippen LogP contribution >= 0.6 is 0 Å². The number of nitrogens with one attached hydrogen (secondary N) is 1. The Kier molecular flexibility index (Phi) is 6.28. The van der Waals surface area contributed by atoms with Gasteiger partial charge in [0.25, 0.3) is 5.56 Å². The molecule has 188 valence electrons. The fourth-order valence-corrected chi connectivity index (χ4v) is 5.15. The Labute approximate surface area is 219 Å². The van der Waals surface area contributed by atoms with Crippen LogP contribution in [0.15, 0.2) is 71.8 Å². The van der Waals surface area contributed by atoms with E-state index < -0.39 is 0 Å². The van der Waals surface area contributed by atoms with Crippen LogP contribution in [0.3, 0.4) is 0 Å². The number of aromatic nitrogens is 3. The number of hydrogen-bond acceptors (Lipinski definition) is 7. The molecule has 1 aliphatic heterocycles. The zero-order chi connectivity index (χ0) is 26.1. The maximum atomic E-state index is 13.2. The first-order chi connectivity index (χ1) is 18.6. The average Bonchev–Trinajstić information content (AvgIpc) is 3.25. The number of fused-ring (bicyclic) bond motifs is 3. The molecule has 6 rings (SSSR count). The summed E-state index contributed by atoms with van der Waals surface area (Å²) in [5, 5.41) is 12.6. The Balaban J connectivity index is 1.24. The zero-order valence-electron chi connectivity index (χ0n) is 20.7. The molecule has 2 aromatic carbocycles. The zero-order valence-corrected chi connectivity index (χ0v) is 20.7. The lowest BCUT2D eigenvalue weighted by Crippen LogP contribution is -2.30. The van der Waals surface area contributed by atoms with Crippen molar-refractivity contribution in [2.45, 2.75) is 19.4 Å². The van der Waals surface area contributed by atoms with Crippen LogP contribution in [0.1, 0.15) is 40.0 Å². The molecule has 1 fully saturated rings. The summed E-state index contributed by atoms with van der Waals surface area (Å²) in [6, 6.07) is 17.9. The molecule has 3 heterocycles. The molecule has 0 amide bonds. The molecule has 2 aromatic heterocycles. The lowest BCUT2D eigenvalue weighted by Gasteiger charge is -2.22. The van der Waals surface area contributed by atoms with Crippen LogP contribution < -0.4 is 15.6 Å². The molecule has 1 aliphatic carbocycles. The third-order valence-corrected chi connectivity index (χ3v) is 7.18. The summed E-state index contributed by atoms with van der Waals surface area (Å²) in [6.45, 7) is 2.94. The maximum absolute atomic E-state index is 13.2. The fourth-order valence-electron chi connectivity index (χ4n) is 5.15. The van der Waals surface area contributed by atoms with Crippen LogP contribution in [0.2, 0.25) is 0 Å². The van der Waals surface area contributed by atoms with Gasteiger partial charge < -0.3 is 14.6 Å². The van der Waals surface area contributed by atoms with E-state index in [2.05, 4.69) is 21.4 Å². The molecule has 4 aromatic rings. The highest BCUT2D eigenvalue weighted by atomic mass is 16.5. The Morgan fingerprint density at radius 1 is 0.974 bits per heavy atom. The number of pyridine rings is 1. The number of carbonyl (C=O) groups excluding carboxylic acids is 1. The van der Waals surface area contributed by atoms with Gasteiger partial charge in [-0.25, -0.2) is 9.97 Å². The van der Waals surface area contributed by atoms with E-state index in [4.69, 9.17) is 4.74 Å². The van der Waals surface area contributed by atoms with Crippen molar-refractivity contribution in [2.24, 2.45) is 5.92 Å². The molecule has 0 unspecified atom stereocenters. The Morgan fingerprint density at radius 2 is 1.76 bits per heavy atom. The van der Waals surface area contributed by atoms with Crippen molar-refractivity contribution < 1.29 is 9.53 Å². The van der Waals surface area contributed by atoms with Crippen LogP contribution in [0.5, 0.6) is 5.75 Å². The van der Waals surface area contributed by atoms with E-state index in [1.807, 2.05) is 24.3 Å². The van der Waals surface area contributed by atoms with Gasteiger partial charge in [0.15, 0.2) is 11.6 Å². The number of ether oxygens (including phenoxy) is 1. The standard InChI is InChI=1S/C30H25N5O3/c31-14-20-4-5-25-26(13-20)24-6-7-27(36)35(28(24)29(25)37)17-21-2-1-3-22(12-21)30-33-15-23(16-34-30)38-18-19-8-10-32-11-9-19/h1-7,12-13,15-16,19,32H,8-11,17-18H2. The predicted octanol–water partition coefficient (Wildman–Crippen LogP) is 3.82. The molecule has 0 radical (unpaired) electrons. The van der Waals surface area contributed by atoms with Crippen LogP contribution in [0, 0.1) is 17.2 Å². The smallest absolute Gasteiger partial charge is 0.251 e. The van der Waals surface area contributed by atoms with Gasteiger partial charge in [-0.2, -0.15) is 5.26 Å². The number of nitrogens with zero attached hydrogens (tertiary/aromatic N) is 4. The number of carbonyl (C=O) groups is 1. The summed E-state index contributed by atoms with van der Waals surface area (Å²) in [4.78, 5) is 35.1. The summed E-state index contributed by atoms with van der Waals surface area (Å²) < 4.78 is 7.41. The lowest BCUT2D eigenvalue weighted by molar-refractivity contribution is 0.103. The summed E-state index contributed by atoms with van der Waals surface area (Å²) >= 11 is 0. The van der Waals surface area contributed by atoms with Crippen molar-refractivity contribution in [1.82, 2.24) is 19.9 Å². The van der Waals surface area contributed by atoms with E-state index in [-0.39, 0.29) is 17.9 Å². The quantitative estimate of drug-likeness (QED) is 0.375. The number of benzene rings is 2. The molecular formula is C30H25N5O3. The normalized spacial score (nSPS) is 14.6. The number of ketones is 1. The lowest BCUT2D eigenvalue weighted by atomic mass is 9.99. The second kappa shape index (κ2) is 10.0. The minimum absolute atomic E-state index is 0.211. The van der Waals surface area contributed by atoms with Gasteiger partial charge in [0.2, 0.25) is 5.78 Å². The van der Waals surface area contributed by atoms with Crippen LogP contribution in [0.4, 0.5) is 0 Å². The van der Waals surface area contributed by atoms with Gasteiger partial charge in [-0.1, -0.05) is 18.2 Å². The SMILES string of the molecule is N#Cc1ccc2c(c1)-c1ccc(=O)n(Cc3cccc(-c4ncc(OCC5CCNCC5)cn4)c3)c1C2=O. The van der Waals surface area contributed by atoms with Gasteiger partial charge in [0.1, 0.15) is 5.69 Å². The highest BCUT2D eigenvalue weighted by molar-refractivity contribution is 6.20. The molecule has 0 spiro atoms. The van der Waals surface area contributed by atoms with E-state index in [9.17, 15) is 14.9 Å². The highest BCUT2D eigenvalue weighted by Gasteiger charge is 2.30. The van der Waals surface area contributed by atoms with E-state index in [1.165, 1.54) is 10.6 Å². The maximum Gasteiger partial charge on any atom is 0.251 e. The number of hydrogen-bond donors (Lipinski definition) is 1. The second-order valence-electron chi connectivity index (χ2n) is 9.67. The van der Waals surface area contributed by atoms with Crippen molar-refractivity contribution in [1.29, 1.82) is 5.26 Å². The van der Waals surface area contributed by atoms with E-state index in [0.717, 1.165) is 37.1 Å². The van der Waals surface area contributed by atoms with Gasteiger partial charge in [-0.3, -0.25) is 9.59 Å². The summed E-state index contributed by atoms with van der Waals surface area (Å²) in [5.74, 6) is 1.53. The molecule has 0 saturated carbocycles. The minimum Gasteiger partial charge on any atom is -0.490 e. The third kappa shape index (κ3) is 4.49. The van der Waals surface area contributed by atoms with E-state index in [0.29, 0.717) is 52.0 Å². The number of rotatable bonds is 6. The summed E-state index contributed by atoms with van der Waals surface area (Å²) in [5.41, 5.74) is 4.06. The van der Waals surface area contributed by atoms with Crippen molar-refractivity contribution >= 4 is 5.78 Å². The highest BCUT2D eigenvalue weighted by Crippen LogP contribution is 2.36. The molecule has 38 heavy (non-hydrogen) atoms. The first-order valence-corrected chi connectivity index (χ1v) is 12.7. The van der Waals surface area contributed by atoms with Crippen LogP contribution in [0.25, 0.3) is 22.5 Å². The van der Waals surface area contributed by atoms with E-state index >= 15 is 0 Å². The topological polar surface area (TPSA) is 110 Å². The average molecular weight is 504 g/mol. The molecule has 1 saturated heterocycles. The first-order valence-electron chi connectivity index (χ1n) is 12.7. The van der Waals surface area contributed by atoms with Gasteiger partial charge >= 0.3 is 0 Å². The number of nitriles is 1. The predicted molar refractivity (Wildman–Crippen MR) is 142 cm³/mol. The molecule has 0 bridgehead atoms. The molecular weight excluding hydrogens is 478 g/mol. The van der Waals surface area contributed by atoms with E-state index in [1.54, 1.807) is 36.7 Å². The largest absolute Gasteiger partial charge is 0.490 e. The van der Waals surface area contributed by atoms with Crippen molar-refractivity contribution in [3.63, 3.8) is 0 Å². The molecule has 0 atom stereocenters. The fraction of sp³-hybridized carbons (Fsp3) is 0.233. The summed E-state index contributed by atoms with van der Waals surface area (Å²) in [7, 11) is 0. The van der Waals surface area contributed by atoms with Gasteiger partial charge in [-0.05, 0) is 73.3 Å². The van der Waals surface area contributed by atoms with Crippen molar-refractivity contribution in [3.8, 4) is 34.3 Å². The van der Waals surface area contributed by atoms with Crippen LogP contribution in [-0.2, 0) is 6.54 Å². The van der Waals surface area contributed by atoms with Gasteiger partial charge in [-0.15, -0.1) is 0 Å². The van der Waals surface area contributed by atoms with Crippen molar-refractivity contribution in [2.75, 3.05) is 19.7 Å². The summed E-state index contributed by atoms with van der Waals surface area (Å²) in [6.07, 6.45) is 5.60. The van der Waals surface area contributed by atoms with Gasteiger partial charge in [0, 0.05) is 22.8 Å². The monoisotopic (exact) mass is 503 g/mol. The first kappa shape index (κ1) is 23.8. The number of piperidine rings is 1. The second-order valence-corrected chi connectivity index (χ2v) is 9.67. The molecule has 1 N–H and O–H groups in total. The Morgan fingerprint density at radius 3 is 2.55 bits per heavy atom. The molecule has 8 nitrogen and oxygen atoms in total. The molecule has 8 heteroatoms. The third-order valence-electron chi connectivity index (χ3n) is 7.18. The van der Waals surface area contributed by atoms with Crippen molar-refractivity contribution in [3.05, 3.63) is 99.7 Å². The van der Waals surface area contributed by atoms with Crippen LogP contribution in [-0.4, -0.2) is 40.0 Å². The Bertz CT molecular complexity index is 1630. The van der Waals surface area contributed by atoms with Gasteiger partial charge in [0.05, 0.1) is 37.2 Å².